The molecule has 3 rings (SSSR count). The molecule has 2 amide bonds. The molecule has 2 aromatic carbocycles. The van der Waals surface area contributed by atoms with Crippen LogP contribution in [0.4, 0.5) is 5.69 Å². The Kier molecular flexibility index (Phi) is 8.82. The van der Waals surface area contributed by atoms with Gasteiger partial charge >= 0.3 is 0 Å². The maximum atomic E-state index is 12.8. The minimum atomic E-state index is -0.406. The molecule has 0 aliphatic rings. The first-order chi connectivity index (χ1) is 16.2. The molecular weight excluding hydrogens is 497 g/mol. The van der Waals surface area contributed by atoms with Crippen molar-refractivity contribution in [2.24, 2.45) is 13.0 Å². The van der Waals surface area contributed by atoms with Gasteiger partial charge in [-0.25, -0.2) is 0 Å². The quantitative estimate of drug-likeness (QED) is 0.385. The highest BCUT2D eigenvalue weighted by atomic mass is 35.5. The number of nitrogens with zero attached hydrogens (tertiary/aromatic N) is 3. The minimum Gasteiger partial charge on any atom is -0.495 e. The molecule has 0 saturated carbocycles. The SMILES string of the molecule is COc1ccccc1NC(=O)CSc1nnc([C@@H](NC(=O)c2ccc(Cl)c(Cl)c2)C(C)C)n1C. The molecule has 0 saturated heterocycles. The van der Waals surface area contributed by atoms with Crippen molar-refractivity contribution in [3.8, 4) is 5.75 Å². The Bertz CT molecular complexity index is 1190. The summed E-state index contributed by atoms with van der Waals surface area (Å²) in [4.78, 5) is 25.3. The first-order valence-electron chi connectivity index (χ1n) is 10.4. The minimum absolute atomic E-state index is 0.0290. The van der Waals surface area contributed by atoms with E-state index in [0.717, 1.165) is 0 Å². The number of methoxy groups -OCH3 is 1. The molecule has 1 heterocycles. The molecule has 3 aromatic rings. The van der Waals surface area contributed by atoms with Crippen molar-refractivity contribution in [1.29, 1.82) is 0 Å². The molecule has 11 heteroatoms. The molecule has 0 unspecified atom stereocenters. The number of aromatic nitrogens is 3. The number of para-hydroxylation sites is 2. The molecule has 0 aliphatic carbocycles. The van der Waals surface area contributed by atoms with Crippen LogP contribution in [0.15, 0.2) is 47.6 Å². The Morgan fingerprint density at radius 1 is 1.12 bits per heavy atom. The normalized spacial score (nSPS) is 11.9. The Morgan fingerprint density at radius 2 is 1.85 bits per heavy atom. The van der Waals surface area contributed by atoms with Gasteiger partial charge in [0.15, 0.2) is 11.0 Å². The van der Waals surface area contributed by atoms with Gasteiger partial charge in [0.2, 0.25) is 5.91 Å². The fourth-order valence-electron chi connectivity index (χ4n) is 3.18. The third-order valence-corrected chi connectivity index (χ3v) is 6.75. The number of thioether (sulfide) groups is 1. The molecule has 34 heavy (non-hydrogen) atoms. The molecule has 1 aromatic heterocycles. The average Bonchev–Trinajstić information content (AvgIpc) is 3.17. The Balaban J connectivity index is 1.68. The number of hydrogen-bond acceptors (Lipinski definition) is 6. The van der Waals surface area contributed by atoms with Gasteiger partial charge in [-0.1, -0.05) is 60.9 Å². The molecule has 0 radical (unpaired) electrons. The van der Waals surface area contributed by atoms with Crippen molar-refractivity contribution >= 4 is 52.5 Å². The highest BCUT2D eigenvalue weighted by Gasteiger charge is 2.25. The lowest BCUT2D eigenvalue weighted by molar-refractivity contribution is -0.113. The predicted octanol–water partition coefficient (Wildman–Crippen LogP) is 4.99. The van der Waals surface area contributed by atoms with Crippen molar-refractivity contribution in [3.05, 3.63) is 63.9 Å². The zero-order valence-corrected chi connectivity index (χ0v) is 21.5. The summed E-state index contributed by atoms with van der Waals surface area (Å²) in [6.07, 6.45) is 0. The van der Waals surface area contributed by atoms with Gasteiger partial charge in [0.25, 0.3) is 5.91 Å². The molecule has 180 valence electrons. The number of ether oxygens (including phenoxy) is 1. The molecule has 0 fully saturated rings. The second-order valence-electron chi connectivity index (χ2n) is 7.76. The van der Waals surface area contributed by atoms with Crippen LogP contribution in [-0.4, -0.2) is 39.4 Å². The van der Waals surface area contributed by atoms with Crippen molar-refractivity contribution in [2.45, 2.75) is 25.0 Å². The topological polar surface area (TPSA) is 98.1 Å². The largest absolute Gasteiger partial charge is 0.495 e. The van der Waals surface area contributed by atoms with Crippen molar-refractivity contribution in [1.82, 2.24) is 20.1 Å². The van der Waals surface area contributed by atoms with Crippen LogP contribution in [0, 0.1) is 5.92 Å². The van der Waals surface area contributed by atoms with Crippen LogP contribution >= 0.6 is 35.0 Å². The van der Waals surface area contributed by atoms with Gasteiger partial charge in [-0.3, -0.25) is 9.59 Å². The summed E-state index contributed by atoms with van der Waals surface area (Å²) in [5.41, 5.74) is 0.990. The second kappa shape index (κ2) is 11.6. The lowest BCUT2D eigenvalue weighted by Crippen LogP contribution is -2.33. The van der Waals surface area contributed by atoms with Crippen molar-refractivity contribution in [2.75, 3.05) is 18.2 Å². The van der Waals surface area contributed by atoms with E-state index in [2.05, 4.69) is 20.8 Å². The Morgan fingerprint density at radius 3 is 2.53 bits per heavy atom. The summed E-state index contributed by atoms with van der Waals surface area (Å²) in [7, 11) is 3.35. The molecule has 1 atom stereocenters. The number of carbonyl (C=O) groups is 2. The van der Waals surface area contributed by atoms with E-state index in [9.17, 15) is 9.59 Å². The number of anilines is 1. The molecule has 0 spiro atoms. The van der Waals surface area contributed by atoms with E-state index in [1.54, 1.807) is 43.0 Å². The van der Waals surface area contributed by atoms with Gasteiger partial charge in [0, 0.05) is 12.6 Å². The molecule has 8 nitrogen and oxygen atoms in total. The second-order valence-corrected chi connectivity index (χ2v) is 9.52. The number of amides is 2. The van der Waals surface area contributed by atoms with Crippen LogP contribution in [0.2, 0.25) is 10.0 Å². The fraction of sp³-hybridized carbons (Fsp3) is 0.304. The van der Waals surface area contributed by atoms with Crippen molar-refractivity contribution in [3.63, 3.8) is 0 Å². The van der Waals surface area contributed by atoms with Gasteiger partial charge < -0.3 is 19.9 Å². The zero-order valence-electron chi connectivity index (χ0n) is 19.1. The van der Waals surface area contributed by atoms with E-state index in [0.29, 0.717) is 38.0 Å². The number of hydrogen-bond donors (Lipinski definition) is 2. The summed E-state index contributed by atoms with van der Waals surface area (Å²) in [6, 6.07) is 11.5. The summed E-state index contributed by atoms with van der Waals surface area (Å²) in [5, 5.41) is 15.6. The summed E-state index contributed by atoms with van der Waals surface area (Å²) < 4.78 is 7.04. The predicted molar refractivity (Wildman–Crippen MR) is 135 cm³/mol. The van der Waals surface area contributed by atoms with Gasteiger partial charge in [-0.2, -0.15) is 0 Å². The smallest absolute Gasteiger partial charge is 0.251 e. The monoisotopic (exact) mass is 521 g/mol. The zero-order chi connectivity index (χ0) is 24.8. The summed E-state index contributed by atoms with van der Waals surface area (Å²) >= 11 is 13.2. The molecule has 0 bridgehead atoms. The van der Waals surface area contributed by atoms with Gasteiger partial charge in [-0.05, 0) is 36.2 Å². The highest BCUT2D eigenvalue weighted by molar-refractivity contribution is 7.99. The number of carbonyl (C=O) groups excluding carboxylic acids is 2. The standard InChI is InChI=1S/C23H25Cl2N5O3S/c1-13(2)20(27-22(32)14-9-10-15(24)16(25)11-14)21-28-29-23(30(21)3)34-12-19(31)26-17-7-5-6-8-18(17)33-4/h5-11,13,20H,12H2,1-4H3,(H,26,31)(H,27,32)/t20-/m0/s1. The highest BCUT2D eigenvalue weighted by Crippen LogP contribution is 2.27. The average molecular weight is 522 g/mol. The third-order valence-electron chi connectivity index (χ3n) is 5.00. The fourth-order valence-corrected chi connectivity index (χ4v) is 4.19. The Labute approximate surface area is 212 Å². The summed E-state index contributed by atoms with van der Waals surface area (Å²) in [6.45, 7) is 3.95. The maximum Gasteiger partial charge on any atom is 0.251 e. The Hall–Kier alpha value is -2.75. The van der Waals surface area contributed by atoms with Crippen LogP contribution in [0.25, 0.3) is 0 Å². The van der Waals surface area contributed by atoms with Gasteiger partial charge in [0.1, 0.15) is 5.75 Å². The summed E-state index contributed by atoms with van der Waals surface area (Å²) in [5.74, 6) is 0.820. The third kappa shape index (κ3) is 6.22. The van der Waals surface area contributed by atoms with E-state index < -0.39 is 6.04 Å². The lowest BCUT2D eigenvalue weighted by atomic mass is 10.0. The van der Waals surface area contributed by atoms with E-state index in [1.165, 1.54) is 17.8 Å². The van der Waals surface area contributed by atoms with E-state index >= 15 is 0 Å². The molecule has 0 aliphatic heterocycles. The van der Waals surface area contributed by atoms with Crippen LogP contribution in [0.3, 0.4) is 0 Å². The first-order valence-corrected chi connectivity index (χ1v) is 12.2. The van der Waals surface area contributed by atoms with Crippen LogP contribution in [0.1, 0.15) is 36.1 Å². The molecular formula is C23H25Cl2N5O3S. The maximum absolute atomic E-state index is 12.8. The van der Waals surface area contributed by atoms with Crippen LogP contribution in [-0.2, 0) is 11.8 Å². The first kappa shape index (κ1) is 25.9. The van der Waals surface area contributed by atoms with E-state index in [1.807, 2.05) is 26.0 Å². The number of rotatable bonds is 9. The number of nitrogens with one attached hydrogen (secondary N) is 2. The van der Waals surface area contributed by atoms with Crippen LogP contribution < -0.4 is 15.4 Å². The van der Waals surface area contributed by atoms with E-state index in [4.69, 9.17) is 27.9 Å². The number of benzene rings is 2. The van der Waals surface area contributed by atoms with Gasteiger partial charge in [-0.15, -0.1) is 10.2 Å². The lowest BCUT2D eigenvalue weighted by Gasteiger charge is -2.22. The van der Waals surface area contributed by atoms with Crippen molar-refractivity contribution < 1.29 is 14.3 Å². The molecule has 2 N–H and O–H groups in total. The van der Waals surface area contributed by atoms with Gasteiger partial charge in [0.05, 0.1) is 34.6 Å². The van der Waals surface area contributed by atoms with Crippen LogP contribution in [0.5, 0.6) is 5.75 Å². The number of halogens is 2. The van der Waals surface area contributed by atoms with E-state index in [-0.39, 0.29) is 23.5 Å².